The van der Waals surface area contributed by atoms with Gasteiger partial charge in [-0.25, -0.2) is 0 Å². The molecule has 0 atom stereocenters. The van der Waals surface area contributed by atoms with Crippen molar-refractivity contribution in [3.05, 3.63) is 46.4 Å². The number of aromatic nitrogens is 1. The van der Waals surface area contributed by atoms with E-state index in [0.29, 0.717) is 22.2 Å². The number of carbonyl (C=O) groups excluding carboxylic acids is 2. The average Bonchev–Trinajstić information content (AvgIpc) is 3.10. The van der Waals surface area contributed by atoms with Gasteiger partial charge in [-0.1, -0.05) is 0 Å². The van der Waals surface area contributed by atoms with E-state index in [-0.39, 0.29) is 11.8 Å². The molecule has 3 heterocycles. The van der Waals surface area contributed by atoms with E-state index in [9.17, 15) is 9.59 Å². The Kier molecular flexibility index (Phi) is 5.22. The molecular weight excluding hydrogens is 324 g/mol. The summed E-state index contributed by atoms with van der Waals surface area (Å²) in [7, 11) is 1.95. The van der Waals surface area contributed by atoms with Gasteiger partial charge in [0.25, 0.3) is 11.8 Å². The topological polar surface area (TPSA) is 74.3 Å². The van der Waals surface area contributed by atoms with Crippen LogP contribution in [-0.2, 0) is 0 Å². The van der Waals surface area contributed by atoms with E-state index in [4.69, 9.17) is 0 Å². The maximum Gasteiger partial charge on any atom is 0.266 e. The summed E-state index contributed by atoms with van der Waals surface area (Å²) in [5.41, 5.74) is 1.09. The molecule has 1 aliphatic heterocycles. The monoisotopic (exact) mass is 344 g/mol. The molecule has 1 saturated heterocycles. The lowest BCUT2D eigenvalue weighted by molar-refractivity contribution is 0.0713. The third kappa shape index (κ3) is 3.63. The van der Waals surface area contributed by atoms with E-state index in [0.717, 1.165) is 25.9 Å². The Morgan fingerprint density at radius 2 is 1.92 bits per heavy atom. The van der Waals surface area contributed by atoms with Crippen LogP contribution in [0.1, 0.15) is 32.9 Å². The fourth-order valence-corrected chi connectivity index (χ4v) is 3.60. The minimum atomic E-state index is -0.237. The molecule has 3 rings (SSSR count). The number of piperidine rings is 1. The standard InChI is InChI=1S/C17H20N4O2S/c1-18-13-4-9-21(10-5-13)17(23)15-14(6-11-24-15)20-16(22)12-2-7-19-8-3-12/h2-3,6-8,11,13,18H,4-5,9-10H2,1H3,(H,20,22). The van der Waals surface area contributed by atoms with E-state index < -0.39 is 0 Å². The SMILES string of the molecule is CNC1CCN(C(=O)c2sccc2NC(=O)c2ccncc2)CC1. The molecular formula is C17H20N4O2S. The Balaban J connectivity index is 1.69. The first-order chi connectivity index (χ1) is 11.7. The van der Waals surface area contributed by atoms with Crippen LogP contribution in [0.15, 0.2) is 36.0 Å². The summed E-state index contributed by atoms with van der Waals surface area (Å²) in [6, 6.07) is 5.54. The van der Waals surface area contributed by atoms with E-state index in [1.54, 1.807) is 30.6 Å². The lowest BCUT2D eigenvalue weighted by atomic mass is 10.1. The fraction of sp³-hybridized carbons (Fsp3) is 0.353. The molecule has 1 aliphatic rings. The van der Waals surface area contributed by atoms with Crippen LogP contribution in [0.25, 0.3) is 0 Å². The number of nitrogens with one attached hydrogen (secondary N) is 2. The Labute approximate surface area is 144 Å². The van der Waals surface area contributed by atoms with Gasteiger partial charge >= 0.3 is 0 Å². The molecule has 0 spiro atoms. The number of carbonyl (C=O) groups is 2. The molecule has 2 aromatic heterocycles. The van der Waals surface area contributed by atoms with Gasteiger partial charge in [-0.3, -0.25) is 14.6 Å². The number of likely N-dealkylation sites (tertiary alicyclic amines) is 1. The molecule has 2 aromatic rings. The van der Waals surface area contributed by atoms with Crippen LogP contribution in [-0.4, -0.2) is 47.9 Å². The van der Waals surface area contributed by atoms with Crippen molar-refractivity contribution in [3.8, 4) is 0 Å². The molecule has 126 valence electrons. The van der Waals surface area contributed by atoms with Gasteiger partial charge in [0.15, 0.2) is 0 Å². The number of amides is 2. The second-order valence-corrected chi connectivity index (χ2v) is 6.62. The number of pyridine rings is 1. The van der Waals surface area contributed by atoms with Crippen LogP contribution in [0.3, 0.4) is 0 Å². The fourth-order valence-electron chi connectivity index (χ4n) is 2.79. The van der Waals surface area contributed by atoms with Gasteiger partial charge in [-0.2, -0.15) is 0 Å². The van der Waals surface area contributed by atoms with Crippen molar-refractivity contribution < 1.29 is 9.59 Å². The molecule has 0 radical (unpaired) electrons. The van der Waals surface area contributed by atoms with Crippen LogP contribution < -0.4 is 10.6 Å². The smallest absolute Gasteiger partial charge is 0.266 e. The Hall–Kier alpha value is -2.25. The van der Waals surface area contributed by atoms with Crippen molar-refractivity contribution in [3.63, 3.8) is 0 Å². The van der Waals surface area contributed by atoms with Crippen molar-refractivity contribution in [2.45, 2.75) is 18.9 Å². The summed E-state index contributed by atoms with van der Waals surface area (Å²) in [5.74, 6) is -0.247. The number of anilines is 1. The molecule has 1 fully saturated rings. The van der Waals surface area contributed by atoms with Gasteiger partial charge in [0.05, 0.1) is 5.69 Å². The van der Waals surface area contributed by atoms with Crippen molar-refractivity contribution >= 4 is 28.8 Å². The first-order valence-corrected chi connectivity index (χ1v) is 8.82. The van der Waals surface area contributed by atoms with Crippen LogP contribution >= 0.6 is 11.3 Å². The van der Waals surface area contributed by atoms with Crippen LogP contribution in [0.4, 0.5) is 5.69 Å². The second-order valence-electron chi connectivity index (χ2n) is 5.71. The zero-order valence-corrected chi connectivity index (χ0v) is 14.3. The van der Waals surface area contributed by atoms with E-state index in [1.165, 1.54) is 11.3 Å². The van der Waals surface area contributed by atoms with Crippen LogP contribution in [0, 0.1) is 0 Å². The van der Waals surface area contributed by atoms with Gasteiger partial charge in [0.1, 0.15) is 4.88 Å². The van der Waals surface area contributed by atoms with Crippen molar-refractivity contribution in [2.24, 2.45) is 0 Å². The number of thiophene rings is 1. The zero-order valence-electron chi connectivity index (χ0n) is 13.5. The van der Waals surface area contributed by atoms with Gasteiger partial charge < -0.3 is 15.5 Å². The van der Waals surface area contributed by atoms with E-state index in [1.807, 2.05) is 17.3 Å². The molecule has 0 saturated carbocycles. The molecule has 0 unspecified atom stereocenters. The van der Waals surface area contributed by atoms with Gasteiger partial charge in [0, 0.05) is 37.1 Å². The largest absolute Gasteiger partial charge is 0.338 e. The maximum atomic E-state index is 12.7. The molecule has 7 heteroatoms. The summed E-state index contributed by atoms with van der Waals surface area (Å²) in [6.07, 6.45) is 5.04. The number of nitrogens with zero attached hydrogens (tertiary/aromatic N) is 2. The molecule has 24 heavy (non-hydrogen) atoms. The van der Waals surface area contributed by atoms with E-state index in [2.05, 4.69) is 15.6 Å². The van der Waals surface area contributed by atoms with Gasteiger partial charge in [0.2, 0.25) is 0 Å². The minimum absolute atomic E-state index is 0.00965. The summed E-state index contributed by atoms with van der Waals surface area (Å²) in [4.78, 5) is 31.4. The highest BCUT2D eigenvalue weighted by atomic mass is 32.1. The first kappa shape index (κ1) is 16.6. The van der Waals surface area contributed by atoms with Crippen molar-refractivity contribution in [1.29, 1.82) is 0 Å². The van der Waals surface area contributed by atoms with Crippen LogP contribution in [0.5, 0.6) is 0 Å². The summed E-state index contributed by atoms with van der Waals surface area (Å²) in [6.45, 7) is 1.47. The Bertz CT molecular complexity index is 708. The first-order valence-electron chi connectivity index (χ1n) is 7.94. The van der Waals surface area contributed by atoms with Crippen molar-refractivity contribution in [1.82, 2.24) is 15.2 Å². The molecule has 0 bridgehead atoms. The summed E-state index contributed by atoms with van der Waals surface area (Å²) >= 11 is 1.36. The normalized spacial score (nSPS) is 15.3. The average molecular weight is 344 g/mol. The Morgan fingerprint density at radius 3 is 2.58 bits per heavy atom. The highest BCUT2D eigenvalue weighted by molar-refractivity contribution is 7.12. The van der Waals surface area contributed by atoms with Crippen molar-refractivity contribution in [2.75, 3.05) is 25.5 Å². The Morgan fingerprint density at radius 1 is 1.21 bits per heavy atom. The van der Waals surface area contributed by atoms with Gasteiger partial charge in [-0.15, -0.1) is 11.3 Å². The minimum Gasteiger partial charge on any atom is -0.338 e. The molecule has 2 N–H and O–H groups in total. The second kappa shape index (κ2) is 7.55. The van der Waals surface area contributed by atoms with Crippen LogP contribution in [0.2, 0.25) is 0 Å². The lowest BCUT2D eigenvalue weighted by Crippen LogP contribution is -2.43. The third-order valence-corrected chi connectivity index (χ3v) is 5.14. The quantitative estimate of drug-likeness (QED) is 0.892. The lowest BCUT2D eigenvalue weighted by Gasteiger charge is -2.31. The molecule has 6 nitrogen and oxygen atoms in total. The predicted octanol–water partition coefficient (Wildman–Crippen LogP) is 2.22. The van der Waals surface area contributed by atoms with Gasteiger partial charge in [-0.05, 0) is 43.5 Å². The number of hydrogen-bond donors (Lipinski definition) is 2. The highest BCUT2D eigenvalue weighted by Crippen LogP contribution is 2.26. The summed E-state index contributed by atoms with van der Waals surface area (Å²) < 4.78 is 0. The summed E-state index contributed by atoms with van der Waals surface area (Å²) in [5, 5.41) is 7.92. The van der Waals surface area contributed by atoms with E-state index >= 15 is 0 Å². The predicted molar refractivity (Wildman–Crippen MR) is 94.5 cm³/mol. The molecule has 0 aromatic carbocycles. The number of rotatable bonds is 4. The number of hydrogen-bond acceptors (Lipinski definition) is 5. The highest BCUT2D eigenvalue weighted by Gasteiger charge is 2.25. The zero-order chi connectivity index (χ0) is 16.9. The molecule has 2 amide bonds. The maximum absolute atomic E-state index is 12.7. The third-order valence-electron chi connectivity index (χ3n) is 4.24. The molecule has 0 aliphatic carbocycles.